The zero-order valence-corrected chi connectivity index (χ0v) is 27.2. The molecule has 11 nitrogen and oxygen atoms in total. The lowest BCUT2D eigenvalue weighted by Crippen LogP contribution is -2.49. The van der Waals surface area contributed by atoms with Crippen LogP contribution in [0.5, 0.6) is 0 Å². The van der Waals surface area contributed by atoms with E-state index in [1.54, 1.807) is 23.1 Å². The van der Waals surface area contributed by atoms with E-state index < -0.39 is 83.6 Å². The first-order chi connectivity index (χ1) is 24.5. The molecular formula is C34H32F7N5O6. The summed E-state index contributed by atoms with van der Waals surface area (Å²) in [5.41, 5.74) is 1.91. The van der Waals surface area contributed by atoms with Crippen LogP contribution < -0.4 is 22.3 Å². The van der Waals surface area contributed by atoms with E-state index in [1.165, 1.54) is 12.1 Å². The first-order valence-electron chi connectivity index (χ1n) is 16.0. The molecule has 2 aliphatic heterocycles. The fraction of sp³-hybridized carbons (Fsp3) is 0.382. The smallest absolute Gasteiger partial charge is 0.449 e. The van der Waals surface area contributed by atoms with Crippen molar-refractivity contribution in [1.82, 2.24) is 14.0 Å². The quantitative estimate of drug-likeness (QED) is 0.191. The Morgan fingerprint density at radius 3 is 2.33 bits per heavy atom. The number of nitrogens with two attached hydrogens (primary N) is 1. The van der Waals surface area contributed by atoms with Crippen LogP contribution in [-0.4, -0.2) is 44.7 Å². The van der Waals surface area contributed by atoms with Crippen molar-refractivity contribution in [3.8, 4) is 0 Å². The number of rotatable bonds is 10. The van der Waals surface area contributed by atoms with Crippen molar-refractivity contribution < 1.29 is 49.8 Å². The summed E-state index contributed by atoms with van der Waals surface area (Å²) in [6.07, 6.45) is -9.39. The summed E-state index contributed by atoms with van der Waals surface area (Å²) in [6, 6.07) is 9.67. The predicted molar refractivity (Wildman–Crippen MR) is 170 cm³/mol. The topological polar surface area (TPSA) is 145 Å². The van der Waals surface area contributed by atoms with Gasteiger partial charge < -0.3 is 25.3 Å². The molecule has 2 aliphatic rings. The van der Waals surface area contributed by atoms with E-state index in [-0.39, 0.29) is 56.1 Å². The van der Waals surface area contributed by atoms with Gasteiger partial charge in [-0.15, -0.1) is 0 Å². The molecule has 18 heteroatoms. The third-order valence-electron chi connectivity index (χ3n) is 9.34. The van der Waals surface area contributed by atoms with Gasteiger partial charge in [0.25, 0.3) is 5.56 Å². The van der Waals surface area contributed by atoms with Crippen molar-refractivity contribution in [2.45, 2.75) is 63.1 Å². The van der Waals surface area contributed by atoms with Gasteiger partial charge in [0.05, 0.1) is 43.1 Å². The normalized spacial score (nSPS) is 16.6. The summed E-state index contributed by atoms with van der Waals surface area (Å²) in [4.78, 5) is 41.2. The van der Waals surface area contributed by atoms with Crippen LogP contribution in [0.2, 0.25) is 0 Å². The number of fused-ring (bicyclic) bond motifs is 2. The molecule has 2 aromatic carbocycles. The molecule has 0 aliphatic carbocycles. The third-order valence-corrected chi connectivity index (χ3v) is 9.34. The standard InChI is InChI=1S/C34H32F7N5O6/c35-24-6-2-5-23(33(36,37)38)22(24)16-45-26-18-51-32(9-11-44(12-10-32)15-21-7-8-27(52-21)34(39,40)41)29(26)30(49)46(31(45)50)17-25(42)19-3-1-4-20(13-19)43-14-28(47)48/h1-8,13,25,43H,9-12,14-18,42H2,(H,47,48). The molecule has 0 amide bonds. The second-order valence-electron chi connectivity index (χ2n) is 12.7. The van der Waals surface area contributed by atoms with Gasteiger partial charge in [0.1, 0.15) is 23.7 Å². The number of nitrogens with one attached hydrogen (secondary N) is 1. The molecule has 4 N–H and O–H groups in total. The number of hydrogen-bond donors (Lipinski definition) is 3. The highest BCUT2D eigenvalue weighted by atomic mass is 19.4. The van der Waals surface area contributed by atoms with E-state index in [2.05, 4.69) is 5.32 Å². The molecule has 1 unspecified atom stereocenters. The zero-order valence-electron chi connectivity index (χ0n) is 27.2. The molecule has 4 aromatic rings. The van der Waals surface area contributed by atoms with Crippen molar-refractivity contribution >= 4 is 11.7 Å². The Morgan fingerprint density at radius 2 is 1.67 bits per heavy atom. The number of anilines is 1. The van der Waals surface area contributed by atoms with Gasteiger partial charge in [0, 0.05) is 30.4 Å². The summed E-state index contributed by atoms with van der Waals surface area (Å²) >= 11 is 0. The van der Waals surface area contributed by atoms with E-state index in [4.69, 9.17) is 20.0 Å². The number of carboxylic acid groups (broad SMARTS) is 1. The number of ether oxygens (including phenoxy) is 1. The molecule has 1 atom stereocenters. The number of alkyl halides is 6. The Balaban J connectivity index is 1.38. The van der Waals surface area contributed by atoms with E-state index in [9.17, 15) is 40.7 Å². The number of likely N-dealkylation sites (tertiary alicyclic amines) is 1. The van der Waals surface area contributed by atoms with Crippen molar-refractivity contribution in [2.75, 3.05) is 25.0 Å². The van der Waals surface area contributed by atoms with Crippen molar-refractivity contribution in [3.63, 3.8) is 0 Å². The van der Waals surface area contributed by atoms with E-state index in [0.717, 1.165) is 27.3 Å². The fourth-order valence-corrected chi connectivity index (χ4v) is 6.76. The number of piperidine rings is 1. The lowest BCUT2D eigenvalue weighted by atomic mass is 9.85. The van der Waals surface area contributed by atoms with Gasteiger partial charge in [-0.2, -0.15) is 26.3 Å². The number of aliphatic carboxylic acids is 1. The predicted octanol–water partition coefficient (Wildman–Crippen LogP) is 5.05. The van der Waals surface area contributed by atoms with Gasteiger partial charge in [-0.3, -0.25) is 23.6 Å². The second-order valence-corrected chi connectivity index (χ2v) is 12.7. The number of nitrogens with zero attached hydrogens (tertiary/aromatic N) is 3. The Morgan fingerprint density at radius 1 is 0.962 bits per heavy atom. The third kappa shape index (κ3) is 7.35. The van der Waals surface area contributed by atoms with Crippen LogP contribution in [0.15, 0.2) is 68.6 Å². The minimum absolute atomic E-state index is 0.00178. The first kappa shape index (κ1) is 36.8. The minimum atomic E-state index is -4.97. The van der Waals surface area contributed by atoms with Crippen LogP contribution in [0, 0.1) is 5.82 Å². The summed E-state index contributed by atoms with van der Waals surface area (Å²) < 4.78 is 109. The SMILES string of the molecule is NC(Cn1c(=O)c2c(n(Cc3c(F)cccc3C(F)(F)F)c1=O)COC21CCN(Cc2ccc(C(F)(F)F)o2)CC1)c1cccc(NCC(=O)O)c1. The van der Waals surface area contributed by atoms with Crippen molar-refractivity contribution in [3.05, 3.63) is 121 Å². The Bertz CT molecular complexity index is 2100. The largest absolute Gasteiger partial charge is 0.480 e. The average Bonchev–Trinajstić information content (AvgIpc) is 3.71. The lowest BCUT2D eigenvalue weighted by molar-refractivity contribution is -0.153. The minimum Gasteiger partial charge on any atom is -0.480 e. The van der Waals surface area contributed by atoms with Crippen LogP contribution in [0.3, 0.4) is 0 Å². The molecule has 1 fully saturated rings. The van der Waals surface area contributed by atoms with Crippen LogP contribution >= 0.6 is 0 Å². The molecule has 52 heavy (non-hydrogen) atoms. The summed E-state index contributed by atoms with van der Waals surface area (Å²) in [5, 5.41) is 11.7. The number of hydrogen-bond acceptors (Lipinski definition) is 8. The van der Waals surface area contributed by atoms with Gasteiger partial charge in [-0.1, -0.05) is 18.2 Å². The second kappa shape index (κ2) is 13.9. The van der Waals surface area contributed by atoms with E-state index in [1.807, 2.05) is 0 Å². The van der Waals surface area contributed by atoms with Crippen LogP contribution in [0.1, 0.15) is 58.4 Å². The number of benzene rings is 2. The molecule has 6 rings (SSSR count). The number of halogens is 7. The molecule has 0 saturated carbocycles. The highest BCUT2D eigenvalue weighted by Gasteiger charge is 2.47. The van der Waals surface area contributed by atoms with Crippen molar-refractivity contribution in [2.24, 2.45) is 5.73 Å². The Kier molecular flexibility index (Phi) is 9.84. The molecule has 0 radical (unpaired) electrons. The maximum Gasteiger partial charge on any atom is 0.449 e. The highest BCUT2D eigenvalue weighted by molar-refractivity contribution is 5.72. The molecule has 278 valence electrons. The summed E-state index contributed by atoms with van der Waals surface area (Å²) in [6.45, 7) is -1.67. The molecule has 0 bridgehead atoms. The Hall–Kier alpha value is -4.94. The van der Waals surface area contributed by atoms with Crippen LogP contribution in [-0.2, 0) is 53.7 Å². The van der Waals surface area contributed by atoms with E-state index >= 15 is 4.39 Å². The fourth-order valence-electron chi connectivity index (χ4n) is 6.76. The first-order valence-corrected chi connectivity index (χ1v) is 16.0. The van der Waals surface area contributed by atoms with Crippen LogP contribution in [0.25, 0.3) is 0 Å². The number of carboxylic acids is 1. The Labute approximate surface area is 290 Å². The molecule has 2 aromatic heterocycles. The van der Waals surface area contributed by atoms with Gasteiger partial charge in [0.15, 0.2) is 0 Å². The number of furan rings is 1. The molecule has 1 spiro atoms. The van der Waals surface area contributed by atoms with Gasteiger partial charge in [-0.25, -0.2) is 9.18 Å². The molecule has 1 saturated heterocycles. The molecule has 4 heterocycles. The monoisotopic (exact) mass is 739 g/mol. The van der Waals surface area contributed by atoms with Crippen molar-refractivity contribution in [1.29, 1.82) is 0 Å². The maximum absolute atomic E-state index is 15.1. The van der Waals surface area contributed by atoms with Crippen LogP contribution in [0.4, 0.5) is 36.4 Å². The van der Waals surface area contributed by atoms with Gasteiger partial charge >= 0.3 is 24.0 Å². The van der Waals surface area contributed by atoms with E-state index in [0.29, 0.717) is 17.3 Å². The summed E-state index contributed by atoms with van der Waals surface area (Å²) in [5.74, 6) is -3.42. The summed E-state index contributed by atoms with van der Waals surface area (Å²) in [7, 11) is 0. The molecular weight excluding hydrogens is 707 g/mol. The number of carbonyl (C=O) groups is 1. The van der Waals surface area contributed by atoms with Gasteiger partial charge in [-0.05, 0) is 54.8 Å². The lowest BCUT2D eigenvalue weighted by Gasteiger charge is -2.38. The maximum atomic E-state index is 15.1. The number of aromatic nitrogens is 2. The zero-order chi connectivity index (χ0) is 37.6. The average molecular weight is 740 g/mol. The highest BCUT2D eigenvalue weighted by Crippen LogP contribution is 2.43. The van der Waals surface area contributed by atoms with Gasteiger partial charge in [0.2, 0.25) is 5.76 Å².